The highest BCUT2D eigenvalue weighted by Gasteiger charge is 2.36. The molecule has 2 aliphatic rings. The number of carbonyl (C=O) groups is 1. The number of anilines is 3. The Bertz CT molecular complexity index is 1110. The van der Waals surface area contributed by atoms with Crippen LogP contribution in [-0.4, -0.2) is 49.4 Å². The molecule has 1 saturated carbocycles. The number of benzene rings is 1. The highest BCUT2D eigenvalue weighted by Crippen LogP contribution is 2.28. The molecule has 0 bridgehead atoms. The molecule has 1 aromatic heterocycles. The van der Waals surface area contributed by atoms with Crippen LogP contribution < -0.4 is 16.1 Å². The fourth-order valence-corrected chi connectivity index (χ4v) is 4.41. The predicted molar refractivity (Wildman–Crippen MR) is 134 cm³/mol. The number of nitrogens with zero attached hydrogens (tertiary/aromatic N) is 3. The molecule has 184 valence electrons. The van der Waals surface area contributed by atoms with Crippen molar-refractivity contribution >= 4 is 36.0 Å². The summed E-state index contributed by atoms with van der Waals surface area (Å²) in [6.07, 6.45) is 5.76. The number of ether oxygens (including phenoxy) is 1. The standard InChI is InChI=1S/C25H32BN5O4/c1-16-13-28-24(31-22(16)30-21-8-6-5-7-17(21)12-27)29-18-9-10-20(19(11-18)23(32)33-4)26-34-14-25(2,3)15-35-26/h9-11,13,17,21H,5-8,14-15H2,1-4H3,(H2,28,29,30,31). The minimum Gasteiger partial charge on any atom is -0.465 e. The van der Waals surface area contributed by atoms with Gasteiger partial charge in [-0.15, -0.1) is 0 Å². The van der Waals surface area contributed by atoms with Crippen LogP contribution in [0.15, 0.2) is 24.4 Å². The number of rotatable bonds is 6. The van der Waals surface area contributed by atoms with E-state index in [9.17, 15) is 10.1 Å². The van der Waals surface area contributed by atoms with Crippen LogP contribution in [-0.2, 0) is 14.0 Å². The second-order valence-corrected chi connectivity index (χ2v) is 10.0. The smallest absolute Gasteiger partial charge is 0.465 e. The van der Waals surface area contributed by atoms with E-state index in [0.717, 1.165) is 31.2 Å². The lowest BCUT2D eigenvalue weighted by Crippen LogP contribution is -2.49. The van der Waals surface area contributed by atoms with Gasteiger partial charge in [-0.3, -0.25) is 0 Å². The van der Waals surface area contributed by atoms with Gasteiger partial charge in [-0.1, -0.05) is 32.8 Å². The first-order chi connectivity index (χ1) is 16.8. The first-order valence-electron chi connectivity index (χ1n) is 12.0. The van der Waals surface area contributed by atoms with E-state index in [2.05, 4.69) is 40.5 Å². The van der Waals surface area contributed by atoms with Gasteiger partial charge in [0.1, 0.15) is 5.82 Å². The zero-order valence-corrected chi connectivity index (χ0v) is 20.8. The molecule has 0 amide bonds. The third-order valence-corrected chi connectivity index (χ3v) is 6.45. The van der Waals surface area contributed by atoms with E-state index in [-0.39, 0.29) is 17.4 Å². The van der Waals surface area contributed by atoms with Crippen molar-refractivity contribution < 1.29 is 18.8 Å². The number of esters is 1. The summed E-state index contributed by atoms with van der Waals surface area (Å²) in [7, 11) is 0.708. The number of methoxy groups -OCH3 is 1. The van der Waals surface area contributed by atoms with E-state index in [1.165, 1.54) is 7.11 Å². The first-order valence-corrected chi connectivity index (χ1v) is 12.0. The highest BCUT2D eigenvalue weighted by atomic mass is 16.6. The van der Waals surface area contributed by atoms with Crippen LogP contribution in [0.2, 0.25) is 0 Å². The van der Waals surface area contributed by atoms with Crippen molar-refractivity contribution in [2.24, 2.45) is 11.3 Å². The zero-order valence-electron chi connectivity index (χ0n) is 20.8. The molecular weight excluding hydrogens is 445 g/mol. The zero-order chi connectivity index (χ0) is 25.0. The van der Waals surface area contributed by atoms with E-state index in [0.29, 0.717) is 41.7 Å². The normalized spacial score (nSPS) is 21.6. The molecular formula is C25H32BN5O4. The maximum absolute atomic E-state index is 12.6. The molecule has 1 aliphatic carbocycles. The summed E-state index contributed by atoms with van der Waals surface area (Å²) in [6, 6.07) is 7.81. The lowest BCUT2D eigenvalue weighted by molar-refractivity contribution is 0.0340. The van der Waals surface area contributed by atoms with E-state index < -0.39 is 13.1 Å². The summed E-state index contributed by atoms with van der Waals surface area (Å²) in [6.45, 7) is 7.12. The largest absolute Gasteiger partial charge is 0.494 e. The summed E-state index contributed by atoms with van der Waals surface area (Å²) >= 11 is 0. The molecule has 2 atom stereocenters. The third-order valence-electron chi connectivity index (χ3n) is 6.45. The lowest BCUT2D eigenvalue weighted by atomic mass is 9.73. The monoisotopic (exact) mass is 477 g/mol. The van der Waals surface area contributed by atoms with Gasteiger partial charge >= 0.3 is 13.1 Å². The molecule has 9 nitrogen and oxygen atoms in total. The molecule has 0 radical (unpaired) electrons. The van der Waals surface area contributed by atoms with Gasteiger partial charge in [0.15, 0.2) is 0 Å². The van der Waals surface area contributed by atoms with Gasteiger partial charge in [0.2, 0.25) is 5.95 Å². The lowest BCUT2D eigenvalue weighted by Gasteiger charge is -2.33. The molecule has 2 fully saturated rings. The Morgan fingerprint density at radius 3 is 2.71 bits per heavy atom. The average molecular weight is 477 g/mol. The number of nitriles is 1. The quantitative estimate of drug-likeness (QED) is 0.475. The Balaban J connectivity index is 1.54. The molecule has 2 unspecified atom stereocenters. The first kappa shape index (κ1) is 25.0. The van der Waals surface area contributed by atoms with Gasteiger partial charge < -0.3 is 24.7 Å². The number of carbonyl (C=O) groups excluding carboxylic acids is 1. The molecule has 0 spiro atoms. The number of nitrogens with one attached hydrogen (secondary N) is 2. The average Bonchev–Trinajstić information content (AvgIpc) is 2.86. The maximum Gasteiger partial charge on any atom is 0.494 e. The fraction of sp³-hybridized carbons (Fsp3) is 0.520. The van der Waals surface area contributed by atoms with Gasteiger partial charge in [-0.2, -0.15) is 10.2 Å². The minimum absolute atomic E-state index is 0.0283. The van der Waals surface area contributed by atoms with Crippen LogP contribution in [0.4, 0.5) is 17.5 Å². The Hall–Kier alpha value is -3.16. The van der Waals surface area contributed by atoms with Crippen molar-refractivity contribution in [3.05, 3.63) is 35.5 Å². The Kier molecular flexibility index (Phi) is 7.58. The van der Waals surface area contributed by atoms with Crippen LogP contribution in [0.3, 0.4) is 0 Å². The fourth-order valence-electron chi connectivity index (χ4n) is 4.41. The molecule has 1 aliphatic heterocycles. The van der Waals surface area contributed by atoms with E-state index in [4.69, 9.17) is 14.0 Å². The molecule has 2 N–H and O–H groups in total. The molecule has 35 heavy (non-hydrogen) atoms. The Labute approximate surface area is 206 Å². The van der Waals surface area contributed by atoms with Crippen molar-refractivity contribution in [2.75, 3.05) is 31.0 Å². The molecule has 2 aromatic rings. The van der Waals surface area contributed by atoms with Crippen molar-refractivity contribution in [1.82, 2.24) is 9.97 Å². The third kappa shape index (κ3) is 5.92. The van der Waals surface area contributed by atoms with Gasteiger partial charge in [0.25, 0.3) is 0 Å². The molecule has 4 rings (SSSR count). The van der Waals surface area contributed by atoms with Crippen LogP contribution in [0.1, 0.15) is 55.5 Å². The number of aromatic nitrogens is 2. The van der Waals surface area contributed by atoms with E-state index >= 15 is 0 Å². The Morgan fingerprint density at radius 2 is 2.00 bits per heavy atom. The van der Waals surface area contributed by atoms with Crippen LogP contribution in [0, 0.1) is 29.6 Å². The minimum atomic E-state index is -0.638. The molecule has 1 saturated heterocycles. The summed E-state index contributed by atoms with van der Waals surface area (Å²) < 4.78 is 16.8. The van der Waals surface area contributed by atoms with Crippen molar-refractivity contribution in [2.45, 2.75) is 52.5 Å². The summed E-state index contributed by atoms with van der Waals surface area (Å²) in [5.74, 6) is 0.580. The predicted octanol–water partition coefficient (Wildman–Crippen LogP) is 3.58. The number of aryl methyl sites for hydroxylation is 1. The van der Waals surface area contributed by atoms with Gasteiger partial charge in [0, 0.05) is 42.1 Å². The summed E-state index contributed by atoms with van der Waals surface area (Å²) in [5.41, 5.74) is 2.42. The summed E-state index contributed by atoms with van der Waals surface area (Å²) in [4.78, 5) is 21.6. The molecule has 1 aromatic carbocycles. The van der Waals surface area contributed by atoms with Gasteiger partial charge in [-0.05, 0) is 37.4 Å². The topological polar surface area (TPSA) is 118 Å². The number of hydrogen-bond donors (Lipinski definition) is 2. The second kappa shape index (κ2) is 10.6. The van der Waals surface area contributed by atoms with Crippen LogP contribution in [0.25, 0.3) is 0 Å². The van der Waals surface area contributed by atoms with Crippen LogP contribution in [0.5, 0.6) is 0 Å². The van der Waals surface area contributed by atoms with Crippen molar-refractivity contribution in [1.29, 1.82) is 5.26 Å². The van der Waals surface area contributed by atoms with Gasteiger partial charge in [0.05, 0.1) is 24.7 Å². The van der Waals surface area contributed by atoms with Crippen molar-refractivity contribution in [3.63, 3.8) is 0 Å². The highest BCUT2D eigenvalue weighted by molar-refractivity contribution is 6.63. The van der Waals surface area contributed by atoms with Gasteiger partial charge in [-0.25, -0.2) is 9.78 Å². The number of hydrogen-bond acceptors (Lipinski definition) is 9. The van der Waals surface area contributed by atoms with E-state index in [1.807, 2.05) is 13.0 Å². The van der Waals surface area contributed by atoms with Crippen molar-refractivity contribution in [3.8, 4) is 6.07 Å². The molecule has 2 heterocycles. The second-order valence-electron chi connectivity index (χ2n) is 10.0. The van der Waals surface area contributed by atoms with Crippen LogP contribution >= 0.6 is 0 Å². The summed E-state index contributed by atoms with van der Waals surface area (Å²) in [5, 5.41) is 16.1. The Morgan fingerprint density at radius 1 is 1.26 bits per heavy atom. The molecule has 10 heteroatoms. The SMILES string of the molecule is COC(=O)c1cc(Nc2ncc(C)c(NC3CCCCC3C#N)n2)ccc1B1OCC(C)(C)CO1. The maximum atomic E-state index is 12.6. The van der Waals surface area contributed by atoms with E-state index in [1.54, 1.807) is 18.3 Å².